The molecule has 0 amide bonds. The highest BCUT2D eigenvalue weighted by atomic mass is 32.2. The van der Waals surface area contributed by atoms with Crippen LogP contribution < -0.4 is 16.0 Å². The zero-order chi connectivity index (χ0) is 18.7. The molecule has 0 bridgehead atoms. The van der Waals surface area contributed by atoms with E-state index in [1.807, 2.05) is 18.2 Å². The molecule has 0 unspecified atom stereocenters. The highest BCUT2D eigenvalue weighted by molar-refractivity contribution is 7.84. The van der Waals surface area contributed by atoms with Crippen molar-refractivity contribution in [2.75, 3.05) is 25.1 Å². The number of hydrogen-bond donors (Lipinski definition) is 3. The number of nitrogen functional groups attached to an aromatic ring is 1. The second kappa shape index (κ2) is 7.40. The molecule has 136 valence electrons. The predicted molar refractivity (Wildman–Crippen MR) is 103 cm³/mol. The molecule has 1 aromatic heterocycles. The third-order valence-electron chi connectivity index (χ3n) is 3.56. The smallest absolute Gasteiger partial charge is 0.275 e. The average molecular weight is 390 g/mol. The van der Waals surface area contributed by atoms with E-state index in [1.54, 1.807) is 11.3 Å². The van der Waals surface area contributed by atoms with Gasteiger partial charge < -0.3 is 10.3 Å². The summed E-state index contributed by atoms with van der Waals surface area (Å²) in [7, 11) is -3.92. The highest BCUT2D eigenvalue weighted by Gasteiger charge is 2.15. The van der Waals surface area contributed by atoms with Gasteiger partial charge in [0.2, 0.25) is 0 Å². The van der Waals surface area contributed by atoms with Gasteiger partial charge in [-0.1, -0.05) is 12.1 Å². The molecule has 2 heterocycles. The number of hydrogen-bond acceptors (Lipinski definition) is 7. The van der Waals surface area contributed by atoms with Crippen LogP contribution in [0.15, 0.2) is 42.5 Å². The number of nitrogens with zero attached hydrogens (tertiary/aromatic N) is 1. The Kier molecular flexibility index (Phi) is 5.21. The zero-order valence-electron chi connectivity index (χ0n) is 14.0. The Labute approximate surface area is 155 Å². The number of benzene rings is 2. The first-order chi connectivity index (χ1) is 12.3. The van der Waals surface area contributed by atoms with E-state index >= 15 is 0 Å². The van der Waals surface area contributed by atoms with E-state index in [0.717, 1.165) is 45.4 Å². The Morgan fingerprint density at radius 1 is 1.19 bits per heavy atom. The topological polar surface area (TPSA) is 122 Å². The number of aromatic nitrogens is 1. The van der Waals surface area contributed by atoms with Crippen molar-refractivity contribution < 1.29 is 18.0 Å². The Hall–Kier alpha value is -2.49. The molecule has 0 atom stereocenters. The summed E-state index contributed by atoms with van der Waals surface area (Å²) >= 11 is 1.67. The number of anilines is 1. The van der Waals surface area contributed by atoms with Crippen molar-refractivity contribution in [1.82, 2.24) is 10.3 Å². The lowest BCUT2D eigenvalue weighted by Crippen LogP contribution is -2.70. The van der Waals surface area contributed by atoms with Crippen molar-refractivity contribution in [3.63, 3.8) is 0 Å². The van der Waals surface area contributed by atoms with E-state index in [0.29, 0.717) is 6.26 Å². The molecular formula is C17H18N4O3S2. The lowest BCUT2D eigenvalue weighted by molar-refractivity contribution is -0.444. The largest absolute Gasteiger partial charge is 0.748 e. The number of amidine groups is 1. The minimum atomic E-state index is -3.92. The van der Waals surface area contributed by atoms with Crippen LogP contribution in [0.5, 0.6) is 0 Å². The Bertz CT molecular complexity index is 1050. The number of fused-ring (bicyclic) bond motifs is 1. The summed E-state index contributed by atoms with van der Waals surface area (Å²) in [4.78, 5) is 8.01. The number of nitrogens with one attached hydrogen (secondary N) is 2. The number of nitrogens with two attached hydrogens (primary N) is 1. The molecule has 0 fully saturated rings. The fraction of sp³-hybridized carbons (Fsp3) is 0.176. The summed E-state index contributed by atoms with van der Waals surface area (Å²) < 4.78 is 28.4. The molecule has 4 N–H and O–H groups in total. The first-order valence-electron chi connectivity index (χ1n) is 7.82. The van der Waals surface area contributed by atoms with Gasteiger partial charge in [0.25, 0.3) is 5.84 Å². The minimum Gasteiger partial charge on any atom is -0.748 e. The van der Waals surface area contributed by atoms with Gasteiger partial charge in [0.15, 0.2) is 0 Å². The minimum absolute atomic E-state index is 0.604. The van der Waals surface area contributed by atoms with E-state index in [-0.39, 0.29) is 0 Å². The molecule has 1 aliphatic rings. The fourth-order valence-corrected chi connectivity index (χ4v) is 3.51. The van der Waals surface area contributed by atoms with Crippen LogP contribution in [-0.2, 0) is 10.1 Å². The molecule has 4 rings (SSSR count). The second-order valence-corrected chi connectivity index (χ2v) is 8.20. The molecule has 0 saturated carbocycles. The van der Waals surface area contributed by atoms with Gasteiger partial charge in [-0.2, -0.15) is 0 Å². The van der Waals surface area contributed by atoms with E-state index in [9.17, 15) is 0 Å². The molecule has 2 aromatic carbocycles. The van der Waals surface area contributed by atoms with Crippen LogP contribution in [0.4, 0.5) is 5.69 Å². The Morgan fingerprint density at radius 3 is 2.46 bits per heavy atom. The van der Waals surface area contributed by atoms with E-state index in [2.05, 4.69) is 39.6 Å². The first kappa shape index (κ1) is 18.3. The molecule has 0 radical (unpaired) electrons. The maximum atomic E-state index is 9.08. The number of thiazole rings is 1. The summed E-state index contributed by atoms with van der Waals surface area (Å²) in [6.45, 7) is 1.97. The van der Waals surface area contributed by atoms with Crippen LogP contribution in [-0.4, -0.2) is 43.1 Å². The van der Waals surface area contributed by atoms with Gasteiger partial charge >= 0.3 is 0 Å². The Balaban J connectivity index is 0.000000349. The summed E-state index contributed by atoms with van der Waals surface area (Å²) in [5.41, 5.74) is 9.92. The monoisotopic (exact) mass is 390 g/mol. The lowest BCUT2D eigenvalue weighted by Gasteiger charge is -1.98. The third-order valence-corrected chi connectivity index (χ3v) is 4.63. The van der Waals surface area contributed by atoms with Crippen molar-refractivity contribution in [2.45, 2.75) is 0 Å². The Morgan fingerprint density at radius 2 is 1.85 bits per heavy atom. The van der Waals surface area contributed by atoms with Gasteiger partial charge in [0.1, 0.15) is 18.1 Å². The molecule has 0 spiro atoms. The van der Waals surface area contributed by atoms with E-state index in [4.69, 9.17) is 18.7 Å². The van der Waals surface area contributed by atoms with Crippen LogP contribution >= 0.6 is 11.3 Å². The summed E-state index contributed by atoms with van der Waals surface area (Å²) in [5, 5.41) is 4.37. The summed E-state index contributed by atoms with van der Waals surface area (Å²) in [6, 6.07) is 14.3. The zero-order valence-corrected chi connectivity index (χ0v) is 15.7. The van der Waals surface area contributed by atoms with Crippen molar-refractivity contribution in [2.24, 2.45) is 0 Å². The van der Waals surface area contributed by atoms with Crippen molar-refractivity contribution in [3.05, 3.63) is 48.0 Å². The normalized spacial score (nSPS) is 13.7. The standard InChI is InChI=1S/C16H14N4S.CH4O3S/c17-12-5-6-13-14(9-12)21-16(20-13)11-3-1-10(2-4-11)15-18-7-8-19-15;1-5(2,3)4/h1-6,9H,7-8,17H2,(H,18,19);1H3,(H,2,3,4). The SMILES string of the molecule is CS(=O)(=O)[O-].Nc1ccc2nc(-c3ccc(C4=[NH+]CCN4)cc3)sc2c1. The van der Waals surface area contributed by atoms with Gasteiger partial charge in [0, 0.05) is 17.5 Å². The maximum absolute atomic E-state index is 9.08. The molecule has 7 nitrogen and oxygen atoms in total. The van der Waals surface area contributed by atoms with Crippen LogP contribution in [0.1, 0.15) is 5.56 Å². The first-order valence-corrected chi connectivity index (χ1v) is 10.5. The molecule has 26 heavy (non-hydrogen) atoms. The van der Waals surface area contributed by atoms with Gasteiger partial charge in [-0.15, -0.1) is 11.3 Å². The average Bonchev–Trinajstić information content (AvgIpc) is 3.22. The second-order valence-electron chi connectivity index (χ2n) is 5.76. The van der Waals surface area contributed by atoms with E-state index in [1.165, 1.54) is 5.56 Å². The van der Waals surface area contributed by atoms with Crippen LogP contribution in [0.25, 0.3) is 20.8 Å². The van der Waals surface area contributed by atoms with E-state index < -0.39 is 10.1 Å². The molecule has 9 heteroatoms. The molecule has 3 aromatic rings. The molecular weight excluding hydrogens is 372 g/mol. The van der Waals surface area contributed by atoms with Gasteiger partial charge in [-0.3, -0.25) is 10.3 Å². The number of rotatable bonds is 2. The quantitative estimate of drug-likeness (QED) is 0.423. The predicted octanol–water partition coefficient (Wildman–Crippen LogP) is 0.137. The molecule has 0 aliphatic carbocycles. The van der Waals surface area contributed by atoms with Crippen molar-refractivity contribution in [1.29, 1.82) is 0 Å². The summed E-state index contributed by atoms with van der Waals surface area (Å²) in [6.07, 6.45) is 0.604. The third kappa shape index (κ3) is 4.78. The van der Waals surface area contributed by atoms with Crippen LogP contribution in [0, 0.1) is 0 Å². The van der Waals surface area contributed by atoms with Crippen molar-refractivity contribution in [3.8, 4) is 10.6 Å². The highest BCUT2D eigenvalue weighted by Crippen LogP contribution is 2.31. The van der Waals surface area contributed by atoms with Gasteiger partial charge in [-0.05, 0) is 30.3 Å². The fourth-order valence-electron chi connectivity index (χ4n) is 2.49. The lowest BCUT2D eigenvalue weighted by atomic mass is 10.1. The summed E-state index contributed by atoms with van der Waals surface area (Å²) in [5.74, 6) is 1.11. The van der Waals surface area contributed by atoms with Gasteiger partial charge in [0.05, 0.1) is 25.9 Å². The van der Waals surface area contributed by atoms with Crippen LogP contribution in [0.2, 0.25) is 0 Å². The maximum Gasteiger partial charge on any atom is 0.275 e. The van der Waals surface area contributed by atoms with Gasteiger partial charge in [-0.25, -0.2) is 13.4 Å². The van der Waals surface area contributed by atoms with Crippen LogP contribution in [0.3, 0.4) is 0 Å². The molecule has 1 aliphatic heterocycles. The van der Waals surface area contributed by atoms with Crippen molar-refractivity contribution >= 4 is 43.2 Å². The molecule has 0 saturated heterocycles.